The van der Waals surface area contributed by atoms with Crippen LogP contribution in [0.15, 0.2) is 23.1 Å². The molecule has 0 fully saturated rings. The Morgan fingerprint density at radius 2 is 2.17 bits per heavy atom. The second kappa shape index (κ2) is 7.31. The van der Waals surface area contributed by atoms with Crippen LogP contribution in [-0.2, 0) is 6.54 Å². The average molecular weight is 411 g/mol. The minimum atomic E-state index is 0.343. The van der Waals surface area contributed by atoms with Crippen molar-refractivity contribution < 1.29 is 0 Å². The van der Waals surface area contributed by atoms with Gasteiger partial charge < -0.3 is 11.1 Å². The van der Waals surface area contributed by atoms with E-state index in [1.54, 1.807) is 6.20 Å². The molecule has 9 heteroatoms. The van der Waals surface area contributed by atoms with Gasteiger partial charge >= 0.3 is 0 Å². The highest BCUT2D eigenvalue weighted by Gasteiger charge is 2.16. The van der Waals surface area contributed by atoms with Crippen LogP contribution in [0.25, 0.3) is 11.2 Å². The molecule has 3 heterocycles. The number of halogens is 2. The fourth-order valence-corrected chi connectivity index (χ4v) is 2.95. The Bertz CT molecular complexity index is 864. The number of hydrogen-bond acceptors (Lipinski definition) is 6. The van der Waals surface area contributed by atoms with Crippen molar-refractivity contribution in [1.82, 2.24) is 24.5 Å². The highest BCUT2D eigenvalue weighted by atomic mass is 79.9. The summed E-state index contributed by atoms with van der Waals surface area (Å²) in [7, 11) is 0. The maximum absolute atomic E-state index is 6.16. The Morgan fingerprint density at radius 3 is 2.92 bits per heavy atom. The molecular formula is C15H17BrClN7. The first kappa shape index (κ1) is 16.9. The van der Waals surface area contributed by atoms with E-state index in [0.29, 0.717) is 39.4 Å². The topological polar surface area (TPSA) is 94.5 Å². The van der Waals surface area contributed by atoms with Gasteiger partial charge in [0.2, 0.25) is 5.95 Å². The molecule has 0 aromatic carbocycles. The zero-order valence-electron chi connectivity index (χ0n) is 13.1. The lowest BCUT2D eigenvalue weighted by molar-refractivity contribution is 0.785. The Kier molecular flexibility index (Phi) is 5.15. The number of imidazole rings is 1. The third-order valence-electron chi connectivity index (χ3n) is 3.55. The van der Waals surface area contributed by atoms with Crippen molar-refractivity contribution in [2.45, 2.75) is 26.3 Å². The van der Waals surface area contributed by atoms with Gasteiger partial charge in [-0.2, -0.15) is 9.97 Å². The van der Waals surface area contributed by atoms with Crippen molar-refractivity contribution in [3.8, 4) is 0 Å². The van der Waals surface area contributed by atoms with Crippen LogP contribution in [0.3, 0.4) is 0 Å². The molecule has 3 N–H and O–H groups in total. The van der Waals surface area contributed by atoms with Crippen LogP contribution in [0.2, 0.25) is 5.15 Å². The summed E-state index contributed by atoms with van der Waals surface area (Å²) in [4.78, 5) is 17.3. The van der Waals surface area contributed by atoms with Gasteiger partial charge in [-0.3, -0.25) is 4.57 Å². The molecule has 0 radical (unpaired) electrons. The number of rotatable bonds is 6. The number of nitrogens with one attached hydrogen (secondary N) is 1. The molecule has 0 spiro atoms. The number of fused-ring (bicyclic) bond motifs is 1. The lowest BCUT2D eigenvalue weighted by Crippen LogP contribution is -2.09. The van der Waals surface area contributed by atoms with Gasteiger partial charge in [-0.15, -0.1) is 0 Å². The van der Waals surface area contributed by atoms with E-state index in [-0.39, 0.29) is 0 Å². The van der Waals surface area contributed by atoms with E-state index in [9.17, 15) is 0 Å². The first-order valence-electron chi connectivity index (χ1n) is 7.62. The van der Waals surface area contributed by atoms with Crippen LogP contribution in [0.5, 0.6) is 0 Å². The monoisotopic (exact) mass is 409 g/mol. The predicted molar refractivity (Wildman–Crippen MR) is 99.2 cm³/mol. The first-order chi connectivity index (χ1) is 11.6. The number of nitrogen functional groups attached to an aromatic ring is 1. The molecule has 0 unspecified atom stereocenters. The lowest BCUT2D eigenvalue weighted by atomic mass is 10.3. The highest BCUT2D eigenvalue weighted by Crippen LogP contribution is 2.25. The summed E-state index contributed by atoms with van der Waals surface area (Å²) >= 11 is 9.62. The van der Waals surface area contributed by atoms with Gasteiger partial charge in [-0.05, 0) is 28.4 Å². The molecule has 0 saturated carbocycles. The standard InChI is InChI=1S/C15H17BrClN7/c1-2-3-6-20-15-22-12(18)10-13(23-15)24(14(16)21-10)8-9-5-4-7-19-11(9)17/h4-5,7H,2-3,6,8H2,1H3,(H3,18,20,22,23). The normalized spacial score (nSPS) is 11.1. The quantitative estimate of drug-likeness (QED) is 0.367. The van der Waals surface area contributed by atoms with Crippen LogP contribution < -0.4 is 11.1 Å². The molecule has 3 aromatic rings. The number of nitrogens with two attached hydrogens (primary N) is 1. The Balaban J connectivity index is 2.00. The maximum Gasteiger partial charge on any atom is 0.226 e. The van der Waals surface area contributed by atoms with Crippen molar-refractivity contribution in [2.75, 3.05) is 17.6 Å². The van der Waals surface area contributed by atoms with Crippen LogP contribution in [0.4, 0.5) is 11.8 Å². The summed E-state index contributed by atoms with van der Waals surface area (Å²) in [6, 6.07) is 3.76. The third kappa shape index (κ3) is 3.44. The van der Waals surface area contributed by atoms with Gasteiger partial charge in [0.05, 0.1) is 6.54 Å². The molecule has 126 valence electrons. The second-order valence-electron chi connectivity index (χ2n) is 5.31. The van der Waals surface area contributed by atoms with E-state index >= 15 is 0 Å². The number of unbranched alkanes of at least 4 members (excludes halogenated alkanes) is 1. The van der Waals surface area contributed by atoms with Gasteiger partial charge in [0, 0.05) is 18.3 Å². The molecule has 0 atom stereocenters. The SMILES string of the molecule is CCCCNc1nc(N)c2nc(Br)n(Cc3cccnc3Cl)c2n1. The minimum Gasteiger partial charge on any atom is -0.382 e. The molecule has 3 aromatic heterocycles. The average Bonchev–Trinajstić information content (AvgIpc) is 2.87. The summed E-state index contributed by atoms with van der Waals surface area (Å²) in [5.41, 5.74) is 8.12. The van der Waals surface area contributed by atoms with Gasteiger partial charge in [0.15, 0.2) is 21.7 Å². The zero-order chi connectivity index (χ0) is 17.1. The van der Waals surface area contributed by atoms with Crippen molar-refractivity contribution in [1.29, 1.82) is 0 Å². The number of anilines is 2. The molecular weight excluding hydrogens is 394 g/mol. The van der Waals surface area contributed by atoms with E-state index < -0.39 is 0 Å². The van der Waals surface area contributed by atoms with Crippen molar-refractivity contribution in [3.05, 3.63) is 33.8 Å². The van der Waals surface area contributed by atoms with E-state index in [2.05, 4.69) is 48.1 Å². The zero-order valence-corrected chi connectivity index (χ0v) is 15.5. The van der Waals surface area contributed by atoms with Gasteiger partial charge in [0.25, 0.3) is 0 Å². The Labute approximate surface area is 152 Å². The molecule has 0 amide bonds. The van der Waals surface area contributed by atoms with Gasteiger partial charge in [0.1, 0.15) is 5.15 Å². The fourth-order valence-electron chi connectivity index (χ4n) is 2.30. The number of hydrogen-bond donors (Lipinski definition) is 2. The molecule has 0 aliphatic rings. The van der Waals surface area contributed by atoms with E-state index in [1.807, 2.05) is 16.7 Å². The smallest absolute Gasteiger partial charge is 0.226 e. The summed E-state index contributed by atoms with van der Waals surface area (Å²) in [5, 5.41) is 3.65. The summed E-state index contributed by atoms with van der Waals surface area (Å²) < 4.78 is 2.51. The number of nitrogens with zero attached hydrogens (tertiary/aromatic N) is 5. The number of pyridine rings is 1. The fraction of sp³-hybridized carbons (Fsp3) is 0.333. The number of aromatic nitrogens is 5. The summed E-state index contributed by atoms with van der Waals surface area (Å²) in [5.74, 6) is 0.843. The van der Waals surface area contributed by atoms with Crippen LogP contribution >= 0.6 is 27.5 Å². The van der Waals surface area contributed by atoms with Crippen molar-refractivity contribution in [3.63, 3.8) is 0 Å². The van der Waals surface area contributed by atoms with Gasteiger partial charge in [-0.1, -0.05) is 31.0 Å². The molecule has 3 rings (SSSR count). The van der Waals surface area contributed by atoms with Crippen LogP contribution in [-0.4, -0.2) is 31.0 Å². The molecule has 0 saturated heterocycles. The van der Waals surface area contributed by atoms with E-state index in [1.165, 1.54) is 0 Å². The Hall–Kier alpha value is -1.93. The summed E-state index contributed by atoms with van der Waals surface area (Å²) in [6.07, 6.45) is 3.78. The molecule has 0 aliphatic heterocycles. The maximum atomic E-state index is 6.16. The van der Waals surface area contributed by atoms with Crippen molar-refractivity contribution >= 4 is 50.5 Å². The van der Waals surface area contributed by atoms with E-state index in [4.69, 9.17) is 17.3 Å². The molecule has 0 bridgehead atoms. The highest BCUT2D eigenvalue weighted by molar-refractivity contribution is 9.10. The largest absolute Gasteiger partial charge is 0.382 e. The minimum absolute atomic E-state index is 0.343. The van der Waals surface area contributed by atoms with E-state index in [0.717, 1.165) is 24.9 Å². The van der Waals surface area contributed by atoms with Crippen LogP contribution in [0.1, 0.15) is 25.3 Å². The molecule has 7 nitrogen and oxygen atoms in total. The lowest BCUT2D eigenvalue weighted by Gasteiger charge is -2.09. The second-order valence-corrected chi connectivity index (χ2v) is 6.37. The predicted octanol–water partition coefficient (Wildman–Crippen LogP) is 3.48. The third-order valence-corrected chi connectivity index (χ3v) is 4.50. The van der Waals surface area contributed by atoms with Gasteiger partial charge in [-0.25, -0.2) is 9.97 Å². The summed E-state index contributed by atoms with van der Waals surface area (Å²) in [6.45, 7) is 3.41. The van der Waals surface area contributed by atoms with Crippen LogP contribution in [0, 0.1) is 0 Å². The molecule has 24 heavy (non-hydrogen) atoms. The first-order valence-corrected chi connectivity index (χ1v) is 8.79. The Morgan fingerprint density at radius 1 is 1.33 bits per heavy atom. The van der Waals surface area contributed by atoms with Crippen molar-refractivity contribution in [2.24, 2.45) is 0 Å². The molecule has 0 aliphatic carbocycles.